The molecule has 1 amide bonds. The number of ether oxygens (including phenoxy) is 1. The van der Waals surface area contributed by atoms with Gasteiger partial charge in [-0.25, -0.2) is 0 Å². The summed E-state index contributed by atoms with van der Waals surface area (Å²) >= 11 is 0. The molecule has 0 atom stereocenters. The monoisotopic (exact) mass is 339 g/mol. The predicted molar refractivity (Wildman–Crippen MR) is 91.4 cm³/mol. The van der Waals surface area contributed by atoms with Crippen molar-refractivity contribution in [2.75, 3.05) is 11.5 Å². The summed E-state index contributed by atoms with van der Waals surface area (Å²) in [5, 5.41) is 8.91. The summed E-state index contributed by atoms with van der Waals surface area (Å²) in [7, 11) is 0. The third-order valence-electron chi connectivity index (χ3n) is 5.35. The highest BCUT2D eigenvalue weighted by atomic mass is 16.5. The van der Waals surface area contributed by atoms with Crippen LogP contribution in [0.3, 0.4) is 0 Å². The molecular formula is C18H21N5O2. The topological polar surface area (TPSA) is 86.3 Å². The fraction of sp³-hybridized carbons (Fsp3) is 0.500. The number of hydrogen-bond acceptors (Lipinski definition) is 5. The van der Waals surface area contributed by atoms with Gasteiger partial charge in [-0.3, -0.25) is 9.69 Å². The van der Waals surface area contributed by atoms with Gasteiger partial charge >= 0.3 is 0 Å². The molecule has 3 aliphatic rings. The lowest BCUT2D eigenvalue weighted by molar-refractivity contribution is -0.121. The zero-order valence-electron chi connectivity index (χ0n) is 14.0. The van der Waals surface area contributed by atoms with Gasteiger partial charge in [0, 0.05) is 18.0 Å². The highest BCUT2D eigenvalue weighted by Gasteiger charge is 2.38. The van der Waals surface area contributed by atoms with E-state index in [4.69, 9.17) is 10.5 Å². The summed E-state index contributed by atoms with van der Waals surface area (Å²) in [6, 6.07) is 8.39. The van der Waals surface area contributed by atoms with Gasteiger partial charge in [-0.2, -0.15) is 0 Å². The zero-order valence-corrected chi connectivity index (χ0v) is 14.0. The van der Waals surface area contributed by atoms with Gasteiger partial charge in [0.1, 0.15) is 11.6 Å². The van der Waals surface area contributed by atoms with Crippen LogP contribution in [0.15, 0.2) is 24.3 Å². The third kappa shape index (κ3) is 2.50. The first kappa shape index (κ1) is 14.9. The number of nitrogens with zero attached hydrogens (tertiary/aromatic N) is 4. The summed E-state index contributed by atoms with van der Waals surface area (Å²) in [5.41, 5.74) is 6.75. The fourth-order valence-corrected chi connectivity index (χ4v) is 3.80. The van der Waals surface area contributed by atoms with Gasteiger partial charge < -0.3 is 15.0 Å². The van der Waals surface area contributed by atoms with E-state index in [2.05, 4.69) is 14.8 Å². The van der Waals surface area contributed by atoms with Crippen LogP contribution in [-0.2, 0) is 11.3 Å². The second kappa shape index (κ2) is 5.56. The largest absolute Gasteiger partial charge is 0.482 e. The molecular weight excluding hydrogens is 318 g/mol. The van der Waals surface area contributed by atoms with E-state index < -0.39 is 0 Å². The van der Waals surface area contributed by atoms with Crippen LogP contribution in [-0.4, -0.2) is 33.3 Å². The molecule has 1 aromatic heterocycles. The molecule has 0 saturated heterocycles. The first-order chi connectivity index (χ1) is 12.2. The first-order valence-corrected chi connectivity index (χ1v) is 8.92. The van der Waals surface area contributed by atoms with Gasteiger partial charge in [-0.15, -0.1) is 10.2 Å². The lowest BCUT2D eigenvalue weighted by Crippen LogP contribution is -2.39. The predicted octanol–water partition coefficient (Wildman–Crippen LogP) is 1.74. The van der Waals surface area contributed by atoms with Crippen LogP contribution in [0.1, 0.15) is 49.3 Å². The molecule has 2 fully saturated rings. The normalized spacial score (nSPS) is 25.3. The quantitative estimate of drug-likeness (QED) is 0.917. The minimum absolute atomic E-state index is 0.0451. The average molecular weight is 339 g/mol. The van der Waals surface area contributed by atoms with Crippen molar-refractivity contribution < 1.29 is 9.53 Å². The van der Waals surface area contributed by atoms with Crippen molar-refractivity contribution >= 4 is 11.6 Å². The van der Waals surface area contributed by atoms with Crippen molar-refractivity contribution in [3.05, 3.63) is 35.9 Å². The van der Waals surface area contributed by atoms with Crippen LogP contribution in [0.25, 0.3) is 0 Å². The molecule has 1 aromatic carbocycles. The van der Waals surface area contributed by atoms with Crippen molar-refractivity contribution in [1.29, 1.82) is 0 Å². The number of amides is 1. The summed E-state index contributed by atoms with van der Waals surface area (Å²) in [6.07, 6.45) is 4.27. The molecule has 0 spiro atoms. The highest BCUT2D eigenvalue weighted by molar-refractivity contribution is 5.97. The van der Waals surface area contributed by atoms with Crippen molar-refractivity contribution in [2.45, 2.75) is 50.2 Å². The molecule has 0 bridgehead atoms. The van der Waals surface area contributed by atoms with Gasteiger partial charge in [0.05, 0.1) is 12.2 Å². The maximum Gasteiger partial charge on any atom is 0.265 e. The summed E-state index contributed by atoms with van der Waals surface area (Å²) < 4.78 is 7.79. The molecule has 7 heteroatoms. The SMILES string of the molecule is NC1CC(c2nnc(CN3C(=O)COc4ccccc43)n2C2CC2)C1. The van der Waals surface area contributed by atoms with Crippen LogP contribution in [0.2, 0.25) is 0 Å². The number of para-hydroxylation sites is 2. The van der Waals surface area contributed by atoms with Gasteiger partial charge in [0.2, 0.25) is 0 Å². The van der Waals surface area contributed by atoms with Crippen LogP contribution < -0.4 is 15.4 Å². The Morgan fingerprint density at radius 3 is 2.76 bits per heavy atom. The Morgan fingerprint density at radius 2 is 2.00 bits per heavy atom. The van der Waals surface area contributed by atoms with E-state index in [1.807, 2.05) is 24.3 Å². The average Bonchev–Trinajstić information content (AvgIpc) is 3.35. The van der Waals surface area contributed by atoms with Gasteiger partial charge in [0.25, 0.3) is 5.91 Å². The van der Waals surface area contributed by atoms with E-state index >= 15 is 0 Å². The summed E-state index contributed by atoms with van der Waals surface area (Å²) in [6.45, 7) is 0.500. The molecule has 5 rings (SSSR count). The maximum atomic E-state index is 12.4. The molecule has 25 heavy (non-hydrogen) atoms. The van der Waals surface area contributed by atoms with E-state index in [0.29, 0.717) is 18.5 Å². The molecule has 2 aliphatic carbocycles. The zero-order chi connectivity index (χ0) is 17.0. The number of carbonyl (C=O) groups excluding carboxylic acids is 1. The standard InChI is InChI=1S/C18H21N5O2/c19-12-7-11(8-12)18-21-20-16(23(18)13-5-6-13)9-22-14-3-1-2-4-15(14)25-10-17(22)24/h1-4,11-13H,5-10,19H2. The van der Waals surface area contributed by atoms with Crippen molar-refractivity contribution in [2.24, 2.45) is 5.73 Å². The molecule has 7 nitrogen and oxygen atoms in total. The number of aromatic nitrogens is 3. The van der Waals surface area contributed by atoms with Gasteiger partial charge in [-0.1, -0.05) is 12.1 Å². The summed E-state index contributed by atoms with van der Waals surface area (Å²) in [4.78, 5) is 14.2. The van der Waals surface area contributed by atoms with Gasteiger partial charge in [-0.05, 0) is 37.8 Å². The van der Waals surface area contributed by atoms with E-state index in [1.54, 1.807) is 4.90 Å². The molecule has 2 saturated carbocycles. The van der Waals surface area contributed by atoms with Crippen LogP contribution in [0, 0.1) is 0 Å². The van der Waals surface area contributed by atoms with E-state index in [0.717, 1.165) is 48.8 Å². The molecule has 0 radical (unpaired) electrons. The Labute approximate surface area is 145 Å². The molecule has 130 valence electrons. The number of anilines is 1. The lowest BCUT2D eigenvalue weighted by atomic mass is 9.80. The maximum absolute atomic E-state index is 12.4. The van der Waals surface area contributed by atoms with Crippen molar-refractivity contribution in [1.82, 2.24) is 14.8 Å². The van der Waals surface area contributed by atoms with E-state index in [1.165, 1.54) is 0 Å². The molecule has 2 N–H and O–H groups in total. The van der Waals surface area contributed by atoms with Crippen molar-refractivity contribution in [3.63, 3.8) is 0 Å². The molecule has 1 aliphatic heterocycles. The van der Waals surface area contributed by atoms with Crippen LogP contribution in [0.4, 0.5) is 5.69 Å². The minimum Gasteiger partial charge on any atom is -0.482 e. The van der Waals surface area contributed by atoms with Crippen LogP contribution in [0.5, 0.6) is 5.75 Å². The smallest absolute Gasteiger partial charge is 0.265 e. The second-order valence-electron chi connectivity index (χ2n) is 7.24. The number of nitrogens with two attached hydrogens (primary N) is 1. The molecule has 0 unspecified atom stereocenters. The number of hydrogen-bond donors (Lipinski definition) is 1. The summed E-state index contributed by atoms with van der Waals surface area (Å²) in [5.74, 6) is 3.02. The number of carbonyl (C=O) groups is 1. The fourth-order valence-electron chi connectivity index (χ4n) is 3.80. The number of rotatable bonds is 4. The Hall–Kier alpha value is -2.41. The lowest BCUT2D eigenvalue weighted by Gasteiger charge is -2.32. The second-order valence-corrected chi connectivity index (χ2v) is 7.24. The minimum atomic E-state index is -0.0451. The van der Waals surface area contributed by atoms with Crippen LogP contribution >= 0.6 is 0 Å². The van der Waals surface area contributed by atoms with E-state index in [9.17, 15) is 4.79 Å². The molecule has 2 heterocycles. The Kier molecular flexibility index (Phi) is 3.31. The highest BCUT2D eigenvalue weighted by Crippen LogP contribution is 2.43. The number of fused-ring (bicyclic) bond motifs is 1. The Bertz CT molecular complexity index is 823. The van der Waals surface area contributed by atoms with E-state index in [-0.39, 0.29) is 18.6 Å². The number of benzene rings is 1. The van der Waals surface area contributed by atoms with Crippen molar-refractivity contribution in [3.8, 4) is 5.75 Å². The Balaban J connectivity index is 1.47. The Morgan fingerprint density at radius 1 is 1.20 bits per heavy atom. The first-order valence-electron chi connectivity index (χ1n) is 8.92. The third-order valence-corrected chi connectivity index (χ3v) is 5.35. The van der Waals surface area contributed by atoms with Gasteiger partial charge in [0.15, 0.2) is 12.4 Å². The molecule has 2 aromatic rings.